The summed E-state index contributed by atoms with van der Waals surface area (Å²) in [6.45, 7) is 4.63. The van der Waals surface area contributed by atoms with Crippen LogP contribution in [0.25, 0.3) is 0 Å². The second-order valence-electron chi connectivity index (χ2n) is 4.58. The Balaban J connectivity index is 1.99. The standard InChI is InChI=1S/C12H20N6O/c13-12(14)10-8-16-11(9-15-10)18-3-1-2-17(4-5-18)6-7-19/h8-9,19H,1-7H2,(H3,13,14). The molecule has 7 nitrogen and oxygen atoms in total. The summed E-state index contributed by atoms with van der Waals surface area (Å²) in [5.41, 5.74) is 5.76. The molecule has 104 valence electrons. The third-order valence-electron chi connectivity index (χ3n) is 3.24. The highest BCUT2D eigenvalue weighted by Gasteiger charge is 2.15. The fourth-order valence-corrected chi connectivity index (χ4v) is 2.19. The van der Waals surface area contributed by atoms with Gasteiger partial charge in [0.25, 0.3) is 0 Å². The van der Waals surface area contributed by atoms with E-state index >= 15 is 0 Å². The maximum atomic E-state index is 8.97. The van der Waals surface area contributed by atoms with Gasteiger partial charge in [0.05, 0.1) is 19.0 Å². The summed E-state index contributed by atoms with van der Waals surface area (Å²) in [7, 11) is 0. The molecule has 0 radical (unpaired) electrons. The van der Waals surface area contributed by atoms with Crippen molar-refractivity contribution in [3.63, 3.8) is 0 Å². The van der Waals surface area contributed by atoms with Crippen molar-refractivity contribution in [3.8, 4) is 0 Å². The van der Waals surface area contributed by atoms with Gasteiger partial charge in [-0.25, -0.2) is 9.97 Å². The summed E-state index contributed by atoms with van der Waals surface area (Å²) in [5, 5.41) is 16.3. The monoisotopic (exact) mass is 264 g/mol. The molecule has 1 aliphatic rings. The SMILES string of the molecule is N=C(N)c1cnc(N2CCCN(CCO)CC2)cn1. The molecular weight excluding hydrogens is 244 g/mol. The largest absolute Gasteiger partial charge is 0.395 e. The van der Waals surface area contributed by atoms with E-state index in [1.165, 1.54) is 6.20 Å². The van der Waals surface area contributed by atoms with Crippen LogP contribution < -0.4 is 10.6 Å². The number of aliphatic hydroxyl groups is 1. The van der Waals surface area contributed by atoms with Crippen molar-refractivity contribution in [2.75, 3.05) is 44.2 Å². The highest BCUT2D eigenvalue weighted by molar-refractivity contribution is 5.92. The first-order valence-corrected chi connectivity index (χ1v) is 6.45. The molecule has 2 heterocycles. The van der Waals surface area contributed by atoms with Gasteiger partial charge in [-0.05, 0) is 13.0 Å². The molecular formula is C12H20N6O. The summed E-state index contributed by atoms with van der Waals surface area (Å²) >= 11 is 0. The number of aromatic nitrogens is 2. The van der Waals surface area contributed by atoms with Crippen molar-refractivity contribution in [1.82, 2.24) is 14.9 Å². The van der Waals surface area contributed by atoms with Crippen molar-refractivity contribution in [3.05, 3.63) is 18.1 Å². The number of hydrogen-bond donors (Lipinski definition) is 3. The molecule has 1 aromatic rings. The molecule has 0 aliphatic carbocycles. The van der Waals surface area contributed by atoms with Crippen molar-refractivity contribution in [1.29, 1.82) is 5.41 Å². The van der Waals surface area contributed by atoms with E-state index in [-0.39, 0.29) is 12.4 Å². The molecule has 0 bridgehead atoms. The second-order valence-corrected chi connectivity index (χ2v) is 4.58. The van der Waals surface area contributed by atoms with E-state index in [0.29, 0.717) is 5.69 Å². The van der Waals surface area contributed by atoms with Crippen LogP contribution in [0.2, 0.25) is 0 Å². The van der Waals surface area contributed by atoms with Gasteiger partial charge in [0.1, 0.15) is 17.3 Å². The smallest absolute Gasteiger partial charge is 0.147 e. The maximum absolute atomic E-state index is 8.97. The summed E-state index contributed by atoms with van der Waals surface area (Å²) in [5.74, 6) is 0.750. The molecule has 1 aromatic heterocycles. The minimum absolute atomic E-state index is 0.0657. The maximum Gasteiger partial charge on any atom is 0.147 e. The molecule has 0 saturated carbocycles. The van der Waals surface area contributed by atoms with Crippen molar-refractivity contribution in [2.45, 2.75) is 6.42 Å². The van der Waals surface area contributed by atoms with Crippen molar-refractivity contribution < 1.29 is 5.11 Å². The minimum Gasteiger partial charge on any atom is -0.395 e. The van der Waals surface area contributed by atoms with E-state index in [1.54, 1.807) is 6.20 Å². The summed E-state index contributed by atoms with van der Waals surface area (Å²) in [4.78, 5) is 12.9. The molecule has 0 unspecified atom stereocenters. The Bertz CT molecular complexity index is 421. The molecule has 1 aliphatic heterocycles. The van der Waals surface area contributed by atoms with Gasteiger partial charge in [0.2, 0.25) is 0 Å². The topological polar surface area (TPSA) is 102 Å². The highest BCUT2D eigenvalue weighted by Crippen LogP contribution is 2.12. The van der Waals surface area contributed by atoms with E-state index in [0.717, 1.165) is 45.0 Å². The zero-order valence-corrected chi connectivity index (χ0v) is 10.9. The minimum atomic E-state index is -0.0657. The summed E-state index contributed by atoms with van der Waals surface area (Å²) in [6.07, 6.45) is 4.24. The number of nitrogens with one attached hydrogen (secondary N) is 1. The van der Waals surface area contributed by atoms with Gasteiger partial charge in [0, 0.05) is 26.2 Å². The van der Waals surface area contributed by atoms with Gasteiger partial charge in [-0.2, -0.15) is 0 Å². The number of nitrogen functional groups attached to an aromatic ring is 1. The van der Waals surface area contributed by atoms with E-state index < -0.39 is 0 Å². The first-order chi connectivity index (χ1) is 9.20. The van der Waals surface area contributed by atoms with Crippen molar-refractivity contribution in [2.24, 2.45) is 5.73 Å². The van der Waals surface area contributed by atoms with Crippen LogP contribution in [0, 0.1) is 5.41 Å². The number of aliphatic hydroxyl groups excluding tert-OH is 1. The molecule has 7 heteroatoms. The number of rotatable bonds is 4. The predicted octanol–water partition coefficient (Wildman–Crippen LogP) is -0.735. The third kappa shape index (κ3) is 3.62. The van der Waals surface area contributed by atoms with Crippen LogP contribution in [0.5, 0.6) is 0 Å². The number of amidine groups is 1. The van der Waals surface area contributed by atoms with E-state index in [9.17, 15) is 0 Å². The lowest BCUT2D eigenvalue weighted by atomic mass is 10.3. The Labute approximate surface area is 112 Å². The Morgan fingerprint density at radius 1 is 1.26 bits per heavy atom. The van der Waals surface area contributed by atoms with Crippen LogP contribution in [0.3, 0.4) is 0 Å². The molecule has 2 rings (SSSR count). The number of nitrogens with zero attached hydrogens (tertiary/aromatic N) is 4. The number of hydrogen-bond acceptors (Lipinski definition) is 6. The quantitative estimate of drug-likeness (QED) is 0.489. The van der Waals surface area contributed by atoms with Crippen molar-refractivity contribution >= 4 is 11.7 Å². The first-order valence-electron chi connectivity index (χ1n) is 6.45. The molecule has 4 N–H and O–H groups in total. The lowest BCUT2D eigenvalue weighted by Gasteiger charge is -2.22. The normalized spacial score (nSPS) is 17.2. The van der Waals surface area contributed by atoms with Gasteiger partial charge >= 0.3 is 0 Å². The zero-order chi connectivity index (χ0) is 13.7. The van der Waals surface area contributed by atoms with E-state index in [2.05, 4.69) is 19.8 Å². The molecule has 1 fully saturated rings. The van der Waals surface area contributed by atoms with Crippen LogP contribution in [0.15, 0.2) is 12.4 Å². The second kappa shape index (κ2) is 6.44. The highest BCUT2D eigenvalue weighted by atomic mass is 16.3. The van der Waals surface area contributed by atoms with Crippen LogP contribution in [-0.2, 0) is 0 Å². The molecule has 1 saturated heterocycles. The van der Waals surface area contributed by atoms with Crippen LogP contribution in [-0.4, -0.2) is 65.1 Å². The lowest BCUT2D eigenvalue weighted by molar-refractivity contribution is 0.204. The van der Waals surface area contributed by atoms with Crippen LogP contribution in [0.1, 0.15) is 12.1 Å². The average molecular weight is 264 g/mol. The first kappa shape index (κ1) is 13.7. The summed E-state index contributed by atoms with van der Waals surface area (Å²) in [6, 6.07) is 0. The number of β-amino-alcohol motifs (C(OH)–C–C–N with tert-alkyl or cyclic N) is 1. The Kier molecular flexibility index (Phi) is 4.64. The molecule has 0 amide bonds. The molecule has 19 heavy (non-hydrogen) atoms. The lowest BCUT2D eigenvalue weighted by Crippen LogP contribution is -2.32. The third-order valence-corrected chi connectivity index (χ3v) is 3.24. The average Bonchev–Trinajstić information content (AvgIpc) is 2.65. The number of anilines is 1. The van der Waals surface area contributed by atoms with E-state index in [1.807, 2.05) is 0 Å². The van der Waals surface area contributed by atoms with Crippen LogP contribution in [0.4, 0.5) is 5.82 Å². The van der Waals surface area contributed by atoms with Gasteiger partial charge in [0.15, 0.2) is 0 Å². The Hall–Kier alpha value is -1.73. The zero-order valence-electron chi connectivity index (χ0n) is 10.9. The molecule has 0 aromatic carbocycles. The van der Waals surface area contributed by atoms with Crippen LogP contribution >= 0.6 is 0 Å². The van der Waals surface area contributed by atoms with Gasteiger partial charge in [-0.15, -0.1) is 0 Å². The number of nitrogens with two attached hydrogens (primary N) is 1. The Morgan fingerprint density at radius 3 is 2.74 bits per heavy atom. The molecule has 0 spiro atoms. The summed E-state index contributed by atoms with van der Waals surface area (Å²) < 4.78 is 0. The fourth-order valence-electron chi connectivity index (χ4n) is 2.19. The predicted molar refractivity (Wildman–Crippen MR) is 73.4 cm³/mol. The fraction of sp³-hybridized carbons (Fsp3) is 0.583. The van der Waals surface area contributed by atoms with Gasteiger partial charge < -0.3 is 15.7 Å². The van der Waals surface area contributed by atoms with Gasteiger partial charge in [-0.1, -0.05) is 0 Å². The van der Waals surface area contributed by atoms with E-state index in [4.69, 9.17) is 16.2 Å². The molecule has 0 atom stereocenters. The Morgan fingerprint density at radius 2 is 2.11 bits per heavy atom. The van der Waals surface area contributed by atoms with Gasteiger partial charge in [-0.3, -0.25) is 10.3 Å².